The van der Waals surface area contributed by atoms with Crippen molar-refractivity contribution in [3.8, 4) is 0 Å². The van der Waals surface area contributed by atoms with Gasteiger partial charge in [-0.2, -0.15) is 0 Å². The summed E-state index contributed by atoms with van der Waals surface area (Å²) < 4.78 is 1.24. The summed E-state index contributed by atoms with van der Waals surface area (Å²) in [4.78, 5) is 23.3. The second-order valence-electron chi connectivity index (χ2n) is 4.75. The van der Waals surface area contributed by atoms with Crippen LogP contribution in [0.1, 0.15) is 26.2 Å². The molecule has 106 valence electrons. The van der Waals surface area contributed by atoms with E-state index >= 15 is 0 Å². The third-order valence-corrected chi connectivity index (χ3v) is 3.31. The van der Waals surface area contributed by atoms with E-state index in [2.05, 4.69) is 10.3 Å². The molecule has 0 saturated heterocycles. The van der Waals surface area contributed by atoms with E-state index in [1.807, 2.05) is 6.92 Å². The van der Waals surface area contributed by atoms with Gasteiger partial charge >= 0.3 is 5.97 Å². The quantitative estimate of drug-likeness (QED) is 0.867. The lowest BCUT2D eigenvalue weighted by molar-refractivity contribution is -0.142. The van der Waals surface area contributed by atoms with Gasteiger partial charge in [-0.3, -0.25) is 9.59 Å². The number of carbonyl (C=O) groups is 1. The standard InChI is InChI=1S/C14H17N3O3/c1-2-5-10(14(19)20)8-9-17-13(18)11-6-3-4-7-12(11)15-16-17/h3-4,6-7,10H,2,5,8-9H2,1H3,(H,19,20). The van der Waals surface area contributed by atoms with Crippen LogP contribution in [0.5, 0.6) is 0 Å². The van der Waals surface area contributed by atoms with Crippen LogP contribution in [-0.4, -0.2) is 26.1 Å². The summed E-state index contributed by atoms with van der Waals surface area (Å²) in [7, 11) is 0. The van der Waals surface area contributed by atoms with Crippen LogP contribution < -0.4 is 5.56 Å². The largest absolute Gasteiger partial charge is 0.481 e. The van der Waals surface area contributed by atoms with Crippen LogP contribution in [0, 0.1) is 5.92 Å². The number of nitrogens with zero attached hydrogens (tertiary/aromatic N) is 3. The van der Waals surface area contributed by atoms with Gasteiger partial charge in [0.25, 0.3) is 5.56 Å². The number of fused-ring (bicyclic) bond motifs is 1. The Morgan fingerprint density at radius 2 is 2.10 bits per heavy atom. The summed E-state index contributed by atoms with van der Waals surface area (Å²) in [5.41, 5.74) is 0.327. The first-order valence-corrected chi connectivity index (χ1v) is 6.68. The first-order valence-electron chi connectivity index (χ1n) is 6.68. The number of carboxylic acid groups (broad SMARTS) is 1. The van der Waals surface area contributed by atoms with Crippen LogP contribution in [0.2, 0.25) is 0 Å². The lowest BCUT2D eigenvalue weighted by Gasteiger charge is -2.11. The van der Waals surface area contributed by atoms with Gasteiger partial charge in [0.15, 0.2) is 0 Å². The Bertz CT molecular complexity index is 666. The smallest absolute Gasteiger partial charge is 0.306 e. The molecule has 2 aromatic rings. The minimum atomic E-state index is -0.825. The molecule has 1 aromatic heterocycles. The Labute approximate surface area is 116 Å². The van der Waals surface area contributed by atoms with E-state index in [4.69, 9.17) is 5.11 Å². The Morgan fingerprint density at radius 1 is 1.35 bits per heavy atom. The van der Waals surface area contributed by atoms with Crippen molar-refractivity contribution in [3.05, 3.63) is 34.6 Å². The number of hydrogen-bond donors (Lipinski definition) is 1. The first kappa shape index (κ1) is 14.2. The van der Waals surface area contributed by atoms with Crippen LogP contribution in [0.25, 0.3) is 10.9 Å². The normalized spacial score (nSPS) is 12.4. The van der Waals surface area contributed by atoms with Crippen molar-refractivity contribution in [1.29, 1.82) is 0 Å². The summed E-state index contributed by atoms with van der Waals surface area (Å²) in [5, 5.41) is 17.4. The molecule has 0 spiro atoms. The van der Waals surface area contributed by atoms with E-state index in [-0.39, 0.29) is 12.1 Å². The van der Waals surface area contributed by atoms with E-state index in [1.165, 1.54) is 4.68 Å². The van der Waals surface area contributed by atoms with E-state index in [0.717, 1.165) is 6.42 Å². The van der Waals surface area contributed by atoms with Gasteiger partial charge in [0.1, 0.15) is 5.52 Å². The van der Waals surface area contributed by atoms with Gasteiger partial charge in [-0.25, -0.2) is 4.68 Å². The molecule has 0 radical (unpaired) electrons. The average Bonchev–Trinajstić information content (AvgIpc) is 2.45. The van der Waals surface area contributed by atoms with Crippen molar-refractivity contribution in [2.75, 3.05) is 0 Å². The summed E-state index contributed by atoms with van der Waals surface area (Å²) in [5.74, 6) is -1.27. The Hall–Kier alpha value is -2.24. The molecule has 1 N–H and O–H groups in total. The van der Waals surface area contributed by atoms with Crippen molar-refractivity contribution in [2.45, 2.75) is 32.7 Å². The maximum absolute atomic E-state index is 12.2. The van der Waals surface area contributed by atoms with Gasteiger partial charge in [0, 0.05) is 6.54 Å². The molecule has 0 bridgehead atoms. The van der Waals surface area contributed by atoms with Crippen molar-refractivity contribution in [2.24, 2.45) is 5.92 Å². The monoisotopic (exact) mass is 275 g/mol. The molecule has 2 rings (SSSR count). The summed E-state index contributed by atoms with van der Waals surface area (Å²) >= 11 is 0. The summed E-state index contributed by atoms with van der Waals surface area (Å²) in [6, 6.07) is 6.99. The molecule has 0 amide bonds. The number of hydrogen-bond acceptors (Lipinski definition) is 4. The highest BCUT2D eigenvalue weighted by molar-refractivity contribution is 5.76. The molecule has 6 nitrogen and oxygen atoms in total. The maximum atomic E-state index is 12.2. The van der Waals surface area contributed by atoms with E-state index in [9.17, 15) is 9.59 Å². The Balaban J connectivity index is 2.20. The third kappa shape index (κ3) is 3.01. The average molecular weight is 275 g/mol. The van der Waals surface area contributed by atoms with Gasteiger partial charge in [-0.1, -0.05) is 30.7 Å². The summed E-state index contributed by atoms with van der Waals surface area (Å²) in [6.07, 6.45) is 1.79. The minimum absolute atomic E-state index is 0.226. The number of aryl methyl sites for hydroxylation is 1. The predicted molar refractivity (Wildman–Crippen MR) is 74.4 cm³/mol. The second-order valence-corrected chi connectivity index (χ2v) is 4.75. The molecular weight excluding hydrogens is 258 g/mol. The van der Waals surface area contributed by atoms with E-state index < -0.39 is 11.9 Å². The van der Waals surface area contributed by atoms with Crippen LogP contribution in [0.15, 0.2) is 29.1 Å². The molecule has 1 heterocycles. The molecule has 0 aliphatic heterocycles. The van der Waals surface area contributed by atoms with Gasteiger partial charge < -0.3 is 5.11 Å². The molecule has 20 heavy (non-hydrogen) atoms. The molecule has 0 aliphatic carbocycles. The van der Waals surface area contributed by atoms with Crippen LogP contribution in [0.3, 0.4) is 0 Å². The van der Waals surface area contributed by atoms with Gasteiger partial charge in [-0.05, 0) is 25.0 Å². The number of aliphatic carboxylic acids is 1. The fourth-order valence-electron chi connectivity index (χ4n) is 2.19. The maximum Gasteiger partial charge on any atom is 0.306 e. The van der Waals surface area contributed by atoms with Crippen molar-refractivity contribution in [1.82, 2.24) is 15.0 Å². The first-order chi connectivity index (χ1) is 9.63. The molecule has 1 atom stereocenters. The highest BCUT2D eigenvalue weighted by Gasteiger charge is 2.17. The van der Waals surface area contributed by atoms with Crippen molar-refractivity contribution in [3.63, 3.8) is 0 Å². The van der Waals surface area contributed by atoms with Crippen LogP contribution in [-0.2, 0) is 11.3 Å². The van der Waals surface area contributed by atoms with Crippen LogP contribution in [0.4, 0.5) is 0 Å². The van der Waals surface area contributed by atoms with Crippen molar-refractivity contribution >= 4 is 16.9 Å². The minimum Gasteiger partial charge on any atom is -0.481 e. The van der Waals surface area contributed by atoms with E-state index in [1.54, 1.807) is 24.3 Å². The lowest BCUT2D eigenvalue weighted by atomic mass is 10.0. The van der Waals surface area contributed by atoms with Gasteiger partial charge in [0.2, 0.25) is 0 Å². The molecule has 0 fully saturated rings. The molecule has 1 unspecified atom stereocenters. The van der Waals surface area contributed by atoms with Gasteiger partial charge in [-0.15, -0.1) is 5.10 Å². The highest BCUT2D eigenvalue weighted by Crippen LogP contribution is 2.12. The zero-order valence-electron chi connectivity index (χ0n) is 11.3. The lowest BCUT2D eigenvalue weighted by Crippen LogP contribution is -2.26. The number of aromatic nitrogens is 3. The molecule has 0 saturated carbocycles. The Kier molecular flexibility index (Phi) is 4.45. The zero-order valence-corrected chi connectivity index (χ0v) is 11.3. The van der Waals surface area contributed by atoms with Crippen LogP contribution >= 0.6 is 0 Å². The number of benzene rings is 1. The SMILES string of the molecule is CCCC(CCn1nnc2ccccc2c1=O)C(=O)O. The topological polar surface area (TPSA) is 85.1 Å². The molecule has 1 aromatic carbocycles. The van der Waals surface area contributed by atoms with E-state index in [0.29, 0.717) is 23.7 Å². The number of rotatable bonds is 6. The third-order valence-electron chi connectivity index (χ3n) is 3.31. The second kappa shape index (κ2) is 6.27. The molecular formula is C14H17N3O3. The fourth-order valence-corrected chi connectivity index (χ4v) is 2.19. The summed E-state index contributed by atoms with van der Waals surface area (Å²) in [6.45, 7) is 2.21. The molecule has 0 aliphatic rings. The highest BCUT2D eigenvalue weighted by atomic mass is 16.4. The van der Waals surface area contributed by atoms with Gasteiger partial charge in [0.05, 0.1) is 11.3 Å². The number of carboxylic acids is 1. The fraction of sp³-hybridized carbons (Fsp3) is 0.429. The van der Waals surface area contributed by atoms with Crippen molar-refractivity contribution < 1.29 is 9.90 Å². The predicted octanol–water partition coefficient (Wildman–Crippen LogP) is 1.68. The molecule has 6 heteroatoms. The Morgan fingerprint density at radius 3 is 2.80 bits per heavy atom. The zero-order chi connectivity index (χ0) is 14.5.